The summed E-state index contributed by atoms with van der Waals surface area (Å²) in [5.41, 5.74) is 3.70. The molecule has 0 heterocycles. The Balaban J connectivity index is 1.21. The first-order valence-corrected chi connectivity index (χ1v) is 10.5. The molecule has 0 unspecified atom stereocenters. The molecular weight excluding hydrogens is 384 g/mol. The van der Waals surface area contributed by atoms with Gasteiger partial charge in [-0.2, -0.15) is 0 Å². The molecule has 4 nitrogen and oxygen atoms in total. The Bertz CT molecular complexity index is 1110. The van der Waals surface area contributed by atoms with Crippen molar-refractivity contribution in [1.82, 2.24) is 5.32 Å². The highest BCUT2D eigenvalue weighted by Gasteiger charge is 2.00. The third-order valence-electron chi connectivity index (χ3n) is 5.21. The van der Waals surface area contributed by atoms with Crippen LogP contribution in [0.5, 0.6) is 11.5 Å². The van der Waals surface area contributed by atoms with Crippen LogP contribution in [0.4, 0.5) is 5.69 Å². The topological polar surface area (TPSA) is 33.7 Å². The molecule has 0 atom stereocenters. The van der Waals surface area contributed by atoms with Crippen molar-refractivity contribution in [2.45, 2.75) is 13.1 Å². The van der Waals surface area contributed by atoms with E-state index in [9.17, 15) is 0 Å². The molecule has 4 heteroatoms. The molecule has 4 aromatic rings. The number of nitrogens with one attached hydrogen (secondary N) is 1. The zero-order valence-corrected chi connectivity index (χ0v) is 18.0. The zero-order valence-electron chi connectivity index (χ0n) is 18.0. The van der Waals surface area contributed by atoms with Crippen molar-refractivity contribution in [3.8, 4) is 11.5 Å². The third kappa shape index (κ3) is 5.77. The fraction of sp³-hybridized carbons (Fsp3) is 0.185. The fourth-order valence-electron chi connectivity index (χ4n) is 3.39. The lowest BCUT2D eigenvalue weighted by atomic mass is 10.1. The molecule has 0 aliphatic rings. The van der Waals surface area contributed by atoms with Crippen LogP contribution in [0.1, 0.15) is 11.1 Å². The van der Waals surface area contributed by atoms with Gasteiger partial charge in [0.05, 0.1) is 0 Å². The number of hydrogen-bond acceptors (Lipinski definition) is 4. The number of fused-ring (bicyclic) bond motifs is 1. The predicted molar refractivity (Wildman–Crippen MR) is 128 cm³/mol. The first kappa shape index (κ1) is 20.8. The van der Waals surface area contributed by atoms with Crippen molar-refractivity contribution in [3.05, 3.63) is 102 Å². The largest absolute Gasteiger partial charge is 0.458 e. The molecule has 158 valence electrons. The molecule has 0 fully saturated rings. The number of ether oxygens (including phenoxy) is 2. The lowest BCUT2D eigenvalue weighted by Crippen LogP contribution is -2.13. The molecule has 0 aromatic heterocycles. The highest BCUT2D eigenvalue weighted by Crippen LogP contribution is 2.21. The van der Waals surface area contributed by atoms with E-state index in [1.54, 1.807) is 0 Å². The van der Waals surface area contributed by atoms with Crippen LogP contribution in [0.25, 0.3) is 10.8 Å². The zero-order chi connectivity index (χ0) is 21.5. The van der Waals surface area contributed by atoms with Gasteiger partial charge in [-0.25, -0.2) is 0 Å². The van der Waals surface area contributed by atoms with Crippen LogP contribution < -0.4 is 19.7 Å². The van der Waals surface area contributed by atoms with E-state index < -0.39 is 0 Å². The quantitative estimate of drug-likeness (QED) is 0.362. The minimum atomic E-state index is 0.179. The molecule has 4 rings (SSSR count). The van der Waals surface area contributed by atoms with Crippen LogP contribution in [0.3, 0.4) is 0 Å². The van der Waals surface area contributed by atoms with Gasteiger partial charge in [0.2, 0.25) is 6.79 Å². The second-order valence-corrected chi connectivity index (χ2v) is 7.72. The SMILES string of the molecule is CN(C)c1ccc(CNCc2ccc(OCOc3ccc4ccccc4c3)cc2)cc1. The standard InChI is InChI=1S/C27H28N2O2/c1-29(2)25-12-7-21(8-13-25)18-28-19-22-9-14-26(15-10-22)30-20-31-27-16-11-23-5-3-4-6-24(23)17-27/h3-17,28H,18-20H2,1-2H3. The maximum Gasteiger partial charge on any atom is 0.230 e. The first-order chi connectivity index (χ1) is 15.2. The summed E-state index contributed by atoms with van der Waals surface area (Å²) >= 11 is 0. The minimum Gasteiger partial charge on any atom is -0.458 e. The summed E-state index contributed by atoms with van der Waals surface area (Å²) in [5, 5.41) is 5.84. The van der Waals surface area contributed by atoms with Crippen molar-refractivity contribution < 1.29 is 9.47 Å². The molecular formula is C27H28N2O2. The van der Waals surface area contributed by atoms with Gasteiger partial charge in [-0.05, 0) is 58.3 Å². The Labute approximate surface area is 184 Å². The van der Waals surface area contributed by atoms with Gasteiger partial charge in [0.1, 0.15) is 11.5 Å². The Hall–Kier alpha value is -3.50. The summed E-state index contributed by atoms with van der Waals surface area (Å²) in [6.07, 6.45) is 0. The summed E-state index contributed by atoms with van der Waals surface area (Å²) in [4.78, 5) is 2.10. The van der Waals surface area contributed by atoms with Crippen LogP contribution in [0.2, 0.25) is 0 Å². The van der Waals surface area contributed by atoms with Crippen molar-refractivity contribution in [3.63, 3.8) is 0 Å². The van der Waals surface area contributed by atoms with Crippen molar-refractivity contribution >= 4 is 16.5 Å². The van der Waals surface area contributed by atoms with E-state index in [-0.39, 0.29) is 6.79 Å². The van der Waals surface area contributed by atoms with Gasteiger partial charge in [-0.15, -0.1) is 0 Å². The second-order valence-electron chi connectivity index (χ2n) is 7.72. The van der Waals surface area contributed by atoms with E-state index in [0.717, 1.165) is 30.0 Å². The van der Waals surface area contributed by atoms with Crippen LogP contribution in [-0.4, -0.2) is 20.9 Å². The number of hydrogen-bond donors (Lipinski definition) is 1. The normalized spacial score (nSPS) is 10.8. The molecule has 1 N–H and O–H groups in total. The van der Waals surface area contributed by atoms with Crippen molar-refractivity contribution in [2.24, 2.45) is 0 Å². The lowest BCUT2D eigenvalue weighted by Gasteiger charge is -2.13. The number of benzene rings is 4. The van der Waals surface area contributed by atoms with E-state index in [0.29, 0.717) is 0 Å². The van der Waals surface area contributed by atoms with E-state index in [1.165, 1.54) is 22.2 Å². The lowest BCUT2D eigenvalue weighted by molar-refractivity contribution is 0.120. The van der Waals surface area contributed by atoms with Gasteiger partial charge in [0.25, 0.3) is 0 Å². The van der Waals surface area contributed by atoms with Gasteiger partial charge >= 0.3 is 0 Å². The minimum absolute atomic E-state index is 0.179. The molecule has 0 aliphatic heterocycles. The van der Waals surface area contributed by atoms with Crippen molar-refractivity contribution in [1.29, 1.82) is 0 Å². The van der Waals surface area contributed by atoms with Crippen LogP contribution in [-0.2, 0) is 13.1 Å². The van der Waals surface area contributed by atoms with Crippen LogP contribution >= 0.6 is 0 Å². The predicted octanol–water partition coefficient (Wildman–Crippen LogP) is 5.61. The summed E-state index contributed by atoms with van der Waals surface area (Å²) < 4.78 is 11.5. The van der Waals surface area contributed by atoms with Gasteiger partial charge in [0, 0.05) is 32.9 Å². The molecule has 0 saturated carbocycles. The second kappa shape index (κ2) is 10.0. The summed E-state index contributed by atoms with van der Waals surface area (Å²) in [6.45, 7) is 1.83. The Morgan fingerprint density at radius 1 is 0.645 bits per heavy atom. The van der Waals surface area contributed by atoms with Crippen molar-refractivity contribution in [2.75, 3.05) is 25.8 Å². The van der Waals surface area contributed by atoms with E-state index in [4.69, 9.17) is 9.47 Å². The molecule has 0 saturated heterocycles. The first-order valence-electron chi connectivity index (χ1n) is 10.5. The van der Waals surface area contributed by atoms with E-state index >= 15 is 0 Å². The molecule has 0 amide bonds. The highest BCUT2D eigenvalue weighted by molar-refractivity contribution is 5.83. The summed E-state index contributed by atoms with van der Waals surface area (Å²) in [7, 11) is 4.10. The van der Waals surface area contributed by atoms with Gasteiger partial charge in [-0.1, -0.05) is 54.6 Å². The van der Waals surface area contributed by atoms with Gasteiger partial charge in [-0.3, -0.25) is 0 Å². The summed E-state index contributed by atoms with van der Waals surface area (Å²) in [6, 6.07) is 31.0. The number of nitrogens with zero attached hydrogens (tertiary/aromatic N) is 1. The fourth-order valence-corrected chi connectivity index (χ4v) is 3.39. The maximum absolute atomic E-state index is 5.75. The number of rotatable bonds is 9. The summed E-state index contributed by atoms with van der Waals surface area (Å²) in [5.74, 6) is 1.60. The van der Waals surface area contributed by atoms with Crippen LogP contribution in [0, 0.1) is 0 Å². The molecule has 0 aliphatic carbocycles. The van der Waals surface area contributed by atoms with Crippen LogP contribution in [0.15, 0.2) is 91.0 Å². The maximum atomic E-state index is 5.75. The average Bonchev–Trinajstić information content (AvgIpc) is 2.80. The Kier molecular flexibility index (Phi) is 6.70. The Morgan fingerprint density at radius 2 is 1.23 bits per heavy atom. The number of anilines is 1. The Morgan fingerprint density at radius 3 is 1.90 bits per heavy atom. The molecule has 0 bridgehead atoms. The molecule has 31 heavy (non-hydrogen) atoms. The van der Waals surface area contributed by atoms with E-state index in [1.807, 2.05) is 36.4 Å². The molecule has 0 radical (unpaired) electrons. The smallest absolute Gasteiger partial charge is 0.230 e. The monoisotopic (exact) mass is 412 g/mol. The highest BCUT2D eigenvalue weighted by atomic mass is 16.7. The van der Waals surface area contributed by atoms with E-state index in [2.05, 4.69) is 78.9 Å². The molecule has 4 aromatic carbocycles. The molecule has 0 spiro atoms. The average molecular weight is 413 g/mol. The van der Waals surface area contributed by atoms with Gasteiger partial charge in [0.15, 0.2) is 0 Å². The third-order valence-corrected chi connectivity index (χ3v) is 5.21. The van der Waals surface area contributed by atoms with Gasteiger partial charge < -0.3 is 19.7 Å².